The van der Waals surface area contributed by atoms with Crippen LogP contribution in [-0.4, -0.2) is 28.7 Å². The van der Waals surface area contributed by atoms with Crippen LogP contribution in [0, 0.1) is 0 Å². The van der Waals surface area contributed by atoms with Crippen LogP contribution in [0.15, 0.2) is 41.0 Å². The van der Waals surface area contributed by atoms with E-state index in [-0.39, 0.29) is 18.2 Å². The van der Waals surface area contributed by atoms with Crippen molar-refractivity contribution in [1.29, 1.82) is 0 Å². The Labute approximate surface area is 148 Å². The van der Waals surface area contributed by atoms with Gasteiger partial charge in [-0.2, -0.15) is 0 Å². The van der Waals surface area contributed by atoms with Crippen LogP contribution in [0.1, 0.15) is 52.0 Å². The molecule has 0 spiro atoms. The zero-order chi connectivity index (χ0) is 17.6. The Morgan fingerprint density at radius 2 is 2.08 bits per heavy atom. The topological polar surface area (TPSA) is 42.7 Å². The summed E-state index contributed by atoms with van der Waals surface area (Å²) in [5, 5.41) is 1.12. The van der Waals surface area contributed by atoms with E-state index in [0.29, 0.717) is 0 Å². The number of nitrogens with zero attached hydrogens (tertiary/aromatic N) is 1. The number of ether oxygens (including phenoxy) is 1. The van der Waals surface area contributed by atoms with Gasteiger partial charge in [0.2, 0.25) is 0 Å². The number of benzene rings is 1. The molecule has 4 rings (SSSR count). The van der Waals surface area contributed by atoms with Gasteiger partial charge in [-0.1, -0.05) is 12.1 Å². The maximum atomic E-state index is 12.7. The normalized spacial score (nSPS) is 23.5. The van der Waals surface area contributed by atoms with Crippen molar-refractivity contribution in [2.45, 2.75) is 64.1 Å². The summed E-state index contributed by atoms with van der Waals surface area (Å²) in [4.78, 5) is 14.6. The highest BCUT2D eigenvalue weighted by atomic mass is 16.6. The van der Waals surface area contributed by atoms with Gasteiger partial charge in [0.1, 0.15) is 11.2 Å². The Bertz CT molecular complexity index is 827. The van der Waals surface area contributed by atoms with Crippen molar-refractivity contribution in [2.24, 2.45) is 0 Å². The zero-order valence-corrected chi connectivity index (χ0v) is 15.1. The van der Waals surface area contributed by atoms with Crippen LogP contribution in [-0.2, 0) is 4.74 Å². The third-order valence-corrected chi connectivity index (χ3v) is 5.06. The molecule has 4 heteroatoms. The maximum absolute atomic E-state index is 12.7. The molecule has 0 aliphatic carbocycles. The van der Waals surface area contributed by atoms with E-state index in [9.17, 15) is 4.79 Å². The fourth-order valence-electron chi connectivity index (χ4n) is 4.01. The number of hydrogen-bond acceptors (Lipinski definition) is 3. The number of furan rings is 1. The Hall–Kier alpha value is -2.23. The standard InChI is InChI=1S/C21H25NO3/c1-21(2,3)25-20(23)22-17-5-4-6-18(22)13-16(12-17)14-7-8-19-15(11-14)9-10-24-19/h7-12,17-18H,4-6,13H2,1-3H3. The van der Waals surface area contributed by atoms with E-state index in [2.05, 4.69) is 18.2 Å². The summed E-state index contributed by atoms with van der Waals surface area (Å²) < 4.78 is 11.1. The second kappa shape index (κ2) is 5.94. The molecule has 2 unspecified atom stereocenters. The molecule has 2 bridgehead atoms. The van der Waals surface area contributed by atoms with Crippen molar-refractivity contribution in [3.8, 4) is 0 Å². The van der Waals surface area contributed by atoms with Crippen LogP contribution in [0.2, 0.25) is 0 Å². The first-order valence-electron chi connectivity index (χ1n) is 9.10. The van der Waals surface area contributed by atoms with Gasteiger partial charge >= 0.3 is 6.09 Å². The minimum Gasteiger partial charge on any atom is -0.464 e. The van der Waals surface area contributed by atoms with Crippen molar-refractivity contribution < 1.29 is 13.9 Å². The highest BCUT2D eigenvalue weighted by molar-refractivity contribution is 5.83. The first-order valence-corrected chi connectivity index (χ1v) is 9.10. The lowest BCUT2D eigenvalue weighted by atomic mass is 9.83. The predicted octanol–water partition coefficient (Wildman–Crippen LogP) is 5.38. The molecule has 0 N–H and O–H groups in total. The van der Waals surface area contributed by atoms with E-state index in [4.69, 9.17) is 9.15 Å². The molecule has 0 radical (unpaired) electrons. The average molecular weight is 339 g/mol. The van der Waals surface area contributed by atoms with E-state index < -0.39 is 5.60 Å². The van der Waals surface area contributed by atoms with E-state index in [0.717, 1.165) is 30.2 Å². The Morgan fingerprint density at radius 1 is 1.24 bits per heavy atom. The Balaban J connectivity index is 1.63. The van der Waals surface area contributed by atoms with Crippen LogP contribution in [0.3, 0.4) is 0 Å². The molecule has 0 saturated carbocycles. The second-order valence-electron chi connectivity index (χ2n) is 8.11. The van der Waals surface area contributed by atoms with Gasteiger partial charge in [-0.05, 0) is 75.8 Å². The summed E-state index contributed by atoms with van der Waals surface area (Å²) in [6, 6.07) is 8.70. The summed E-state index contributed by atoms with van der Waals surface area (Å²) >= 11 is 0. The number of carbonyl (C=O) groups excluding carboxylic acids is 1. The molecule has 2 aliphatic heterocycles. The van der Waals surface area contributed by atoms with Gasteiger partial charge in [-0.3, -0.25) is 4.90 Å². The number of rotatable bonds is 1. The number of hydrogen-bond donors (Lipinski definition) is 0. The van der Waals surface area contributed by atoms with Crippen molar-refractivity contribution >= 4 is 22.6 Å². The van der Waals surface area contributed by atoms with E-state index in [1.54, 1.807) is 6.26 Å². The quantitative estimate of drug-likeness (QED) is 0.700. The first kappa shape index (κ1) is 16.2. The van der Waals surface area contributed by atoms with E-state index in [1.165, 1.54) is 17.6 Å². The third kappa shape index (κ3) is 3.17. The fourth-order valence-corrected chi connectivity index (χ4v) is 4.01. The van der Waals surface area contributed by atoms with Crippen molar-refractivity contribution in [2.75, 3.05) is 0 Å². The van der Waals surface area contributed by atoms with Gasteiger partial charge in [0.25, 0.3) is 0 Å². The fraction of sp³-hybridized carbons (Fsp3) is 0.476. The Kier molecular flexibility index (Phi) is 3.86. The Morgan fingerprint density at radius 3 is 2.84 bits per heavy atom. The molecular weight excluding hydrogens is 314 g/mol. The highest BCUT2D eigenvalue weighted by Gasteiger charge is 2.39. The van der Waals surface area contributed by atoms with Crippen molar-refractivity contribution in [3.05, 3.63) is 42.2 Å². The average Bonchev–Trinajstić information content (AvgIpc) is 2.99. The van der Waals surface area contributed by atoms with Gasteiger partial charge in [-0.25, -0.2) is 4.79 Å². The minimum atomic E-state index is -0.457. The van der Waals surface area contributed by atoms with E-state index >= 15 is 0 Å². The zero-order valence-electron chi connectivity index (χ0n) is 15.1. The predicted molar refractivity (Wildman–Crippen MR) is 98.3 cm³/mol. The van der Waals surface area contributed by atoms with Gasteiger partial charge < -0.3 is 9.15 Å². The van der Waals surface area contributed by atoms with Gasteiger partial charge in [-0.15, -0.1) is 0 Å². The number of fused-ring (bicyclic) bond motifs is 3. The highest BCUT2D eigenvalue weighted by Crippen LogP contribution is 2.38. The lowest BCUT2D eigenvalue weighted by molar-refractivity contribution is 0.0000860. The van der Waals surface area contributed by atoms with Crippen LogP contribution in [0.5, 0.6) is 0 Å². The van der Waals surface area contributed by atoms with Crippen molar-refractivity contribution in [1.82, 2.24) is 4.90 Å². The van der Waals surface area contributed by atoms with E-state index in [1.807, 2.05) is 37.8 Å². The first-order chi connectivity index (χ1) is 11.9. The lowest BCUT2D eigenvalue weighted by Crippen LogP contribution is -2.53. The summed E-state index contributed by atoms with van der Waals surface area (Å²) in [5.41, 5.74) is 3.02. The number of carbonyl (C=O) groups is 1. The van der Waals surface area contributed by atoms with Crippen LogP contribution >= 0.6 is 0 Å². The molecule has 1 fully saturated rings. The maximum Gasteiger partial charge on any atom is 0.411 e. The summed E-state index contributed by atoms with van der Waals surface area (Å²) in [7, 11) is 0. The van der Waals surface area contributed by atoms with Gasteiger partial charge in [0, 0.05) is 11.4 Å². The lowest BCUT2D eigenvalue weighted by Gasteiger charge is -2.45. The molecule has 2 aliphatic rings. The summed E-state index contributed by atoms with van der Waals surface area (Å²) in [6.07, 6.45) is 7.92. The molecule has 2 aromatic rings. The van der Waals surface area contributed by atoms with Crippen LogP contribution in [0.4, 0.5) is 4.79 Å². The molecular formula is C21H25NO3. The molecule has 2 atom stereocenters. The number of amides is 1. The minimum absolute atomic E-state index is 0.136. The second-order valence-corrected chi connectivity index (χ2v) is 8.11. The molecule has 3 heterocycles. The third-order valence-electron chi connectivity index (χ3n) is 5.06. The van der Waals surface area contributed by atoms with Gasteiger partial charge in [0.05, 0.1) is 12.3 Å². The molecule has 1 amide bonds. The summed E-state index contributed by atoms with van der Waals surface area (Å²) in [5.74, 6) is 0. The number of piperidine rings is 1. The molecule has 4 nitrogen and oxygen atoms in total. The molecule has 25 heavy (non-hydrogen) atoms. The molecule has 1 saturated heterocycles. The molecule has 1 aromatic heterocycles. The molecule has 1 aromatic carbocycles. The SMILES string of the molecule is CC(C)(C)OC(=O)N1C2C=C(c3ccc4occc4c3)CC1CCC2. The molecule has 132 valence electrons. The van der Waals surface area contributed by atoms with Crippen LogP contribution in [0.25, 0.3) is 16.5 Å². The van der Waals surface area contributed by atoms with Crippen molar-refractivity contribution in [3.63, 3.8) is 0 Å². The summed E-state index contributed by atoms with van der Waals surface area (Å²) in [6.45, 7) is 5.77. The van der Waals surface area contributed by atoms with Crippen LogP contribution < -0.4 is 0 Å². The van der Waals surface area contributed by atoms with Gasteiger partial charge in [0.15, 0.2) is 0 Å². The smallest absolute Gasteiger partial charge is 0.411 e. The largest absolute Gasteiger partial charge is 0.464 e. The monoisotopic (exact) mass is 339 g/mol.